The quantitative estimate of drug-likeness (QED) is 0.106. The van der Waals surface area contributed by atoms with Crippen molar-refractivity contribution < 1.29 is 36.2 Å². The molecule has 0 aliphatic heterocycles. The maximum atomic E-state index is 14.7. The van der Waals surface area contributed by atoms with Crippen LogP contribution in [0.25, 0.3) is 6.08 Å². The van der Waals surface area contributed by atoms with Gasteiger partial charge in [-0.05, 0) is 92.5 Å². The highest BCUT2D eigenvalue weighted by molar-refractivity contribution is 5.92. The van der Waals surface area contributed by atoms with Crippen molar-refractivity contribution in [3.8, 4) is 5.75 Å². The predicted molar refractivity (Wildman–Crippen MR) is 153 cm³/mol. The summed E-state index contributed by atoms with van der Waals surface area (Å²) in [6, 6.07) is 4.38. The Bertz CT molecular complexity index is 1170. The Hall–Kier alpha value is -2.74. The van der Waals surface area contributed by atoms with E-state index >= 15 is 0 Å². The molecule has 0 radical (unpaired) electrons. The van der Waals surface area contributed by atoms with Crippen molar-refractivity contribution in [1.29, 1.82) is 0 Å². The van der Waals surface area contributed by atoms with Gasteiger partial charge >= 0.3 is 5.97 Å². The highest BCUT2D eigenvalue weighted by atomic mass is 19.3. The van der Waals surface area contributed by atoms with Gasteiger partial charge in [-0.15, -0.1) is 0 Å². The topological polar surface area (TPSA) is 35.5 Å². The van der Waals surface area contributed by atoms with Crippen LogP contribution in [0.1, 0.15) is 105 Å². The van der Waals surface area contributed by atoms with E-state index in [9.17, 15) is 26.7 Å². The van der Waals surface area contributed by atoms with Crippen molar-refractivity contribution in [3.63, 3.8) is 0 Å². The Kier molecular flexibility index (Phi) is 12.0. The Morgan fingerprint density at radius 2 is 1.40 bits per heavy atom. The van der Waals surface area contributed by atoms with Crippen LogP contribution in [-0.4, -0.2) is 19.2 Å². The molecule has 2 aromatic rings. The number of carbonyl (C=O) groups is 1. The molecule has 3 nitrogen and oxygen atoms in total. The summed E-state index contributed by atoms with van der Waals surface area (Å²) < 4.78 is 79.0. The van der Waals surface area contributed by atoms with Crippen LogP contribution < -0.4 is 4.74 Å². The minimum Gasteiger partial charge on any atom is -0.423 e. The highest BCUT2D eigenvalue weighted by Gasteiger charge is 2.25. The third kappa shape index (κ3) is 9.13. The molecule has 4 rings (SSSR count). The van der Waals surface area contributed by atoms with Crippen LogP contribution in [-0.2, 0) is 4.74 Å². The smallest absolute Gasteiger partial charge is 0.349 e. The lowest BCUT2D eigenvalue weighted by molar-refractivity contribution is 0.0724. The van der Waals surface area contributed by atoms with Crippen LogP contribution in [0.2, 0.25) is 0 Å². The summed E-state index contributed by atoms with van der Waals surface area (Å²) in [7, 11) is 0. The van der Waals surface area contributed by atoms with Crippen LogP contribution in [0, 0.1) is 41.1 Å². The minimum absolute atomic E-state index is 0.285. The van der Waals surface area contributed by atoms with Gasteiger partial charge in [0.25, 0.3) is 6.43 Å². The van der Waals surface area contributed by atoms with Crippen molar-refractivity contribution >= 4 is 12.0 Å². The summed E-state index contributed by atoms with van der Waals surface area (Å²) >= 11 is 0. The fourth-order valence-corrected chi connectivity index (χ4v) is 6.38. The second-order valence-electron chi connectivity index (χ2n) is 11.8. The lowest BCUT2D eigenvalue weighted by Gasteiger charge is -2.31. The molecule has 230 valence electrons. The van der Waals surface area contributed by atoms with Crippen LogP contribution in [0.3, 0.4) is 0 Å². The minimum atomic E-state index is -3.04. The first kappa shape index (κ1) is 32.2. The van der Waals surface area contributed by atoms with E-state index in [-0.39, 0.29) is 5.56 Å². The van der Waals surface area contributed by atoms with Crippen molar-refractivity contribution in [1.82, 2.24) is 0 Å². The molecule has 2 saturated carbocycles. The van der Waals surface area contributed by atoms with Gasteiger partial charge in [0, 0.05) is 19.3 Å². The number of allylic oxidation sites excluding steroid dienone is 1. The van der Waals surface area contributed by atoms with E-state index in [1.165, 1.54) is 44.9 Å². The average Bonchev–Trinajstić information content (AvgIpc) is 2.96. The molecule has 0 N–H and O–H groups in total. The fourth-order valence-electron chi connectivity index (χ4n) is 6.38. The van der Waals surface area contributed by atoms with Gasteiger partial charge in [0.1, 0.15) is 28.8 Å². The first-order valence-corrected chi connectivity index (χ1v) is 15.3. The van der Waals surface area contributed by atoms with Gasteiger partial charge < -0.3 is 9.47 Å². The molecule has 8 heteroatoms. The first-order valence-electron chi connectivity index (χ1n) is 15.3. The number of halogens is 5. The lowest BCUT2D eigenvalue weighted by Crippen LogP contribution is -2.18. The normalized spacial score (nSPS) is 23.0. The van der Waals surface area contributed by atoms with Gasteiger partial charge in [0.2, 0.25) is 0 Å². The number of alkyl halides is 2. The average molecular weight is 593 g/mol. The van der Waals surface area contributed by atoms with Crippen LogP contribution in [0.4, 0.5) is 22.0 Å². The maximum absolute atomic E-state index is 14.7. The summed E-state index contributed by atoms with van der Waals surface area (Å²) in [6.07, 6.45) is 14.1. The summed E-state index contributed by atoms with van der Waals surface area (Å²) in [4.78, 5) is 12.4. The van der Waals surface area contributed by atoms with Gasteiger partial charge in [0.15, 0.2) is 0 Å². The van der Waals surface area contributed by atoms with Crippen LogP contribution in [0.15, 0.2) is 36.4 Å². The predicted octanol–water partition coefficient (Wildman–Crippen LogP) is 10.1. The largest absolute Gasteiger partial charge is 0.423 e. The second-order valence-corrected chi connectivity index (χ2v) is 11.8. The molecule has 0 atom stereocenters. The van der Waals surface area contributed by atoms with E-state index in [0.717, 1.165) is 80.9 Å². The number of hydrogen-bond acceptors (Lipinski definition) is 3. The zero-order chi connectivity index (χ0) is 30.1. The molecular weight excluding hydrogens is 551 g/mol. The Morgan fingerprint density at radius 3 is 1.95 bits per heavy atom. The third-order valence-corrected chi connectivity index (χ3v) is 8.96. The first-order chi connectivity index (χ1) is 20.2. The summed E-state index contributed by atoms with van der Waals surface area (Å²) in [5.74, 6) is -2.56. The van der Waals surface area contributed by atoms with E-state index in [2.05, 4.69) is 0 Å². The van der Waals surface area contributed by atoms with Crippen LogP contribution >= 0.6 is 0 Å². The molecule has 2 aliphatic carbocycles. The SMILES string of the molecule is CCOCCC1CCC(CCC2CCC(/C=C/c3cc(F)c(C(=O)Oc4ccc(C(F)F)c(F)c4)c(F)c3)CC2)CC1. The summed E-state index contributed by atoms with van der Waals surface area (Å²) in [5.41, 5.74) is -1.50. The van der Waals surface area contributed by atoms with Crippen LogP contribution in [0.5, 0.6) is 5.75 Å². The van der Waals surface area contributed by atoms with Gasteiger partial charge in [-0.2, -0.15) is 0 Å². The molecule has 0 heterocycles. The molecule has 2 aliphatic rings. The molecule has 0 spiro atoms. The van der Waals surface area contributed by atoms with Gasteiger partial charge in [0.05, 0.1) is 5.56 Å². The number of benzene rings is 2. The zero-order valence-electron chi connectivity index (χ0n) is 24.2. The number of carbonyl (C=O) groups excluding carboxylic acids is 1. The summed E-state index contributed by atoms with van der Waals surface area (Å²) in [5, 5.41) is 0. The Morgan fingerprint density at radius 1 is 0.833 bits per heavy atom. The molecule has 2 fully saturated rings. The molecule has 2 aromatic carbocycles. The molecular formula is C34H41F5O3. The third-order valence-electron chi connectivity index (χ3n) is 8.96. The highest BCUT2D eigenvalue weighted by Crippen LogP contribution is 2.38. The van der Waals surface area contributed by atoms with Crippen molar-refractivity contribution in [2.45, 2.75) is 84.0 Å². The van der Waals surface area contributed by atoms with E-state index in [4.69, 9.17) is 9.47 Å². The van der Waals surface area contributed by atoms with Gasteiger partial charge in [-0.1, -0.05) is 50.7 Å². The maximum Gasteiger partial charge on any atom is 0.349 e. The number of esters is 1. The summed E-state index contributed by atoms with van der Waals surface area (Å²) in [6.45, 7) is 3.73. The van der Waals surface area contributed by atoms with E-state index in [1.807, 2.05) is 13.0 Å². The van der Waals surface area contributed by atoms with E-state index in [1.54, 1.807) is 6.08 Å². The van der Waals surface area contributed by atoms with Gasteiger partial charge in [-0.3, -0.25) is 0 Å². The second kappa shape index (κ2) is 15.6. The molecule has 42 heavy (non-hydrogen) atoms. The Balaban J connectivity index is 1.22. The molecule has 0 bridgehead atoms. The van der Waals surface area contributed by atoms with Crippen molar-refractivity contribution in [2.24, 2.45) is 23.7 Å². The fraction of sp³-hybridized carbons (Fsp3) is 0.559. The molecule has 0 amide bonds. The van der Waals surface area contributed by atoms with Gasteiger partial charge in [-0.25, -0.2) is 26.7 Å². The Labute approximate surface area is 245 Å². The monoisotopic (exact) mass is 592 g/mol. The molecule has 0 saturated heterocycles. The number of hydrogen-bond donors (Lipinski definition) is 0. The van der Waals surface area contributed by atoms with Crippen molar-refractivity contribution in [3.05, 3.63) is 70.5 Å². The van der Waals surface area contributed by atoms with E-state index < -0.39 is 46.7 Å². The van der Waals surface area contributed by atoms with Crippen molar-refractivity contribution in [2.75, 3.05) is 13.2 Å². The number of rotatable bonds is 12. The zero-order valence-corrected chi connectivity index (χ0v) is 24.2. The van der Waals surface area contributed by atoms with E-state index in [0.29, 0.717) is 12.0 Å². The standard InChI is InChI=1S/C34H41F5O3/c1-2-41-18-17-25-11-9-23(10-12-25)4-3-22-5-7-24(8-6-22)13-14-26-19-30(36)32(31(37)20-26)34(40)42-27-15-16-28(33(38)39)29(35)21-27/h13-16,19-25,33H,2-12,17-18H2,1H3/b14-13+. The molecule has 0 aromatic heterocycles. The molecule has 0 unspecified atom stereocenters. The number of ether oxygens (including phenoxy) is 2. The lowest BCUT2D eigenvalue weighted by atomic mass is 9.75.